The molecular formula is C19H26N4O. The van der Waals surface area contributed by atoms with Crippen LogP contribution >= 0.6 is 0 Å². The summed E-state index contributed by atoms with van der Waals surface area (Å²) in [6.45, 7) is 6.73. The number of aryl methyl sites for hydroxylation is 2. The van der Waals surface area contributed by atoms with Gasteiger partial charge < -0.3 is 10.6 Å². The second-order valence-electron chi connectivity index (χ2n) is 6.77. The minimum atomic E-state index is -0.122. The van der Waals surface area contributed by atoms with E-state index in [2.05, 4.69) is 46.9 Å². The Labute approximate surface area is 143 Å². The van der Waals surface area contributed by atoms with Crippen LogP contribution in [0.15, 0.2) is 24.3 Å². The Hall–Kier alpha value is -2.30. The summed E-state index contributed by atoms with van der Waals surface area (Å²) in [5, 5.41) is 10.6. The molecule has 24 heavy (non-hydrogen) atoms. The minimum absolute atomic E-state index is 0.122. The summed E-state index contributed by atoms with van der Waals surface area (Å²) < 4.78 is 1.95. The summed E-state index contributed by atoms with van der Waals surface area (Å²) in [6, 6.07) is 8.60. The number of nitrogens with one attached hydrogen (secondary N) is 2. The van der Waals surface area contributed by atoms with Gasteiger partial charge in [0.15, 0.2) is 0 Å². The van der Waals surface area contributed by atoms with Crippen LogP contribution in [-0.4, -0.2) is 21.9 Å². The van der Waals surface area contributed by atoms with Crippen molar-refractivity contribution in [1.82, 2.24) is 15.1 Å². The number of benzene rings is 1. The van der Waals surface area contributed by atoms with Crippen molar-refractivity contribution in [2.24, 2.45) is 0 Å². The molecule has 128 valence electrons. The molecule has 1 saturated carbocycles. The summed E-state index contributed by atoms with van der Waals surface area (Å²) >= 11 is 0. The average Bonchev–Trinajstić information content (AvgIpc) is 3.12. The third kappa shape index (κ3) is 3.78. The molecule has 2 amide bonds. The van der Waals surface area contributed by atoms with Gasteiger partial charge in [0.2, 0.25) is 0 Å². The number of rotatable bonds is 4. The molecule has 1 aliphatic rings. The summed E-state index contributed by atoms with van der Waals surface area (Å²) in [5.41, 5.74) is 5.10. The monoisotopic (exact) mass is 326 g/mol. The molecule has 2 aromatic rings. The van der Waals surface area contributed by atoms with E-state index in [1.54, 1.807) is 0 Å². The van der Waals surface area contributed by atoms with Crippen LogP contribution in [0.25, 0.3) is 0 Å². The molecule has 1 aromatic carbocycles. The first-order valence-electron chi connectivity index (χ1n) is 8.70. The maximum Gasteiger partial charge on any atom is 0.319 e. The fourth-order valence-corrected chi connectivity index (χ4v) is 3.42. The van der Waals surface area contributed by atoms with E-state index < -0.39 is 0 Å². The first kappa shape index (κ1) is 16.6. The van der Waals surface area contributed by atoms with E-state index in [-0.39, 0.29) is 6.03 Å². The highest BCUT2D eigenvalue weighted by Crippen LogP contribution is 2.22. The van der Waals surface area contributed by atoms with Gasteiger partial charge in [-0.2, -0.15) is 5.10 Å². The Kier molecular flexibility index (Phi) is 4.88. The zero-order valence-corrected chi connectivity index (χ0v) is 14.7. The van der Waals surface area contributed by atoms with Crippen molar-refractivity contribution in [1.29, 1.82) is 0 Å². The fourth-order valence-electron chi connectivity index (χ4n) is 3.42. The van der Waals surface area contributed by atoms with Crippen molar-refractivity contribution < 1.29 is 4.79 Å². The Balaban J connectivity index is 1.70. The van der Waals surface area contributed by atoms with Gasteiger partial charge in [-0.3, -0.25) is 4.68 Å². The molecule has 1 fully saturated rings. The number of amides is 2. The lowest BCUT2D eigenvalue weighted by molar-refractivity contribution is 0.248. The van der Waals surface area contributed by atoms with Gasteiger partial charge in [-0.1, -0.05) is 42.7 Å². The maximum absolute atomic E-state index is 12.2. The van der Waals surface area contributed by atoms with Crippen LogP contribution in [0, 0.1) is 20.8 Å². The number of carbonyl (C=O) groups excluding carboxylic acids is 1. The van der Waals surface area contributed by atoms with E-state index in [0.29, 0.717) is 12.6 Å². The topological polar surface area (TPSA) is 59.0 Å². The Morgan fingerprint density at radius 1 is 1.25 bits per heavy atom. The number of hydrogen-bond acceptors (Lipinski definition) is 2. The molecule has 0 radical (unpaired) electrons. The minimum Gasteiger partial charge on any atom is -0.335 e. The lowest BCUT2D eigenvalue weighted by Gasteiger charge is -2.13. The van der Waals surface area contributed by atoms with E-state index in [0.717, 1.165) is 29.9 Å². The smallest absolute Gasteiger partial charge is 0.319 e. The molecule has 5 heteroatoms. The number of hydrogen-bond donors (Lipinski definition) is 2. The Morgan fingerprint density at radius 2 is 2.00 bits per heavy atom. The van der Waals surface area contributed by atoms with Gasteiger partial charge in [0, 0.05) is 6.04 Å². The van der Waals surface area contributed by atoms with Gasteiger partial charge in [-0.25, -0.2) is 4.79 Å². The number of anilines is 1. The zero-order chi connectivity index (χ0) is 17.1. The standard InChI is InChI=1S/C19H26N4O/c1-13-7-6-8-16(11-13)12-23-15(3)18(14(2)22-23)21-19(24)20-17-9-4-5-10-17/h6-8,11,17H,4-5,9-10,12H2,1-3H3,(H2,20,21,24). The Morgan fingerprint density at radius 3 is 2.71 bits per heavy atom. The molecule has 0 atom stereocenters. The van der Waals surface area contributed by atoms with Gasteiger partial charge in [-0.05, 0) is 39.2 Å². The van der Waals surface area contributed by atoms with Crippen molar-refractivity contribution in [3.8, 4) is 0 Å². The second-order valence-corrected chi connectivity index (χ2v) is 6.77. The van der Waals surface area contributed by atoms with E-state index in [9.17, 15) is 4.79 Å². The number of carbonyl (C=O) groups is 1. The van der Waals surface area contributed by atoms with Crippen LogP contribution in [-0.2, 0) is 6.54 Å². The summed E-state index contributed by atoms with van der Waals surface area (Å²) in [4.78, 5) is 12.2. The molecular weight excluding hydrogens is 300 g/mol. The molecule has 3 rings (SSSR count). The number of urea groups is 1. The fraction of sp³-hybridized carbons (Fsp3) is 0.474. The molecule has 0 spiro atoms. The summed E-state index contributed by atoms with van der Waals surface area (Å²) in [6.07, 6.45) is 4.57. The largest absolute Gasteiger partial charge is 0.335 e. The van der Waals surface area contributed by atoms with Crippen LogP contribution in [0.4, 0.5) is 10.5 Å². The van der Waals surface area contributed by atoms with E-state index >= 15 is 0 Å². The Bertz CT molecular complexity index is 729. The maximum atomic E-state index is 12.2. The van der Waals surface area contributed by atoms with Crippen LogP contribution in [0.2, 0.25) is 0 Å². The highest BCUT2D eigenvalue weighted by atomic mass is 16.2. The van der Waals surface area contributed by atoms with Crippen LogP contribution < -0.4 is 10.6 Å². The predicted molar refractivity (Wildman–Crippen MR) is 96.4 cm³/mol. The zero-order valence-electron chi connectivity index (χ0n) is 14.7. The number of nitrogens with zero attached hydrogens (tertiary/aromatic N) is 2. The van der Waals surface area contributed by atoms with Gasteiger partial charge in [0.1, 0.15) is 0 Å². The van der Waals surface area contributed by atoms with Crippen LogP contribution in [0.3, 0.4) is 0 Å². The van der Waals surface area contributed by atoms with Gasteiger partial charge in [-0.15, -0.1) is 0 Å². The molecule has 0 bridgehead atoms. The van der Waals surface area contributed by atoms with E-state index in [4.69, 9.17) is 0 Å². The average molecular weight is 326 g/mol. The first-order valence-corrected chi connectivity index (χ1v) is 8.70. The highest BCUT2D eigenvalue weighted by molar-refractivity contribution is 5.90. The third-order valence-electron chi connectivity index (χ3n) is 4.73. The molecule has 1 aliphatic carbocycles. The predicted octanol–water partition coefficient (Wildman–Crippen LogP) is 3.92. The highest BCUT2D eigenvalue weighted by Gasteiger charge is 2.19. The summed E-state index contributed by atoms with van der Waals surface area (Å²) in [7, 11) is 0. The van der Waals surface area contributed by atoms with Crippen molar-refractivity contribution in [3.63, 3.8) is 0 Å². The second kappa shape index (κ2) is 7.07. The van der Waals surface area contributed by atoms with Crippen molar-refractivity contribution in [3.05, 3.63) is 46.8 Å². The molecule has 1 aromatic heterocycles. The van der Waals surface area contributed by atoms with Crippen LogP contribution in [0.1, 0.15) is 48.2 Å². The third-order valence-corrected chi connectivity index (χ3v) is 4.73. The van der Waals surface area contributed by atoms with Crippen molar-refractivity contribution in [2.75, 3.05) is 5.32 Å². The molecule has 1 heterocycles. The molecule has 0 saturated heterocycles. The van der Waals surface area contributed by atoms with Gasteiger partial charge in [0.05, 0.1) is 23.6 Å². The molecule has 0 unspecified atom stereocenters. The molecule has 5 nitrogen and oxygen atoms in total. The van der Waals surface area contributed by atoms with Crippen molar-refractivity contribution in [2.45, 2.75) is 59.0 Å². The van der Waals surface area contributed by atoms with Crippen LogP contribution in [0.5, 0.6) is 0 Å². The molecule has 0 aliphatic heterocycles. The SMILES string of the molecule is Cc1cccc(Cn2nc(C)c(NC(=O)NC3CCCC3)c2C)c1. The van der Waals surface area contributed by atoms with E-state index in [1.165, 1.54) is 24.0 Å². The van der Waals surface area contributed by atoms with Gasteiger partial charge in [0.25, 0.3) is 0 Å². The summed E-state index contributed by atoms with van der Waals surface area (Å²) in [5.74, 6) is 0. The lowest BCUT2D eigenvalue weighted by Crippen LogP contribution is -2.36. The van der Waals surface area contributed by atoms with Crippen molar-refractivity contribution >= 4 is 11.7 Å². The first-order chi connectivity index (χ1) is 11.5. The van der Waals surface area contributed by atoms with E-state index in [1.807, 2.05) is 18.5 Å². The normalized spacial score (nSPS) is 14.8. The van der Waals surface area contributed by atoms with Gasteiger partial charge >= 0.3 is 6.03 Å². The number of aromatic nitrogens is 2. The quantitative estimate of drug-likeness (QED) is 0.894. The molecule has 2 N–H and O–H groups in total. The lowest BCUT2D eigenvalue weighted by atomic mass is 10.1.